The van der Waals surface area contributed by atoms with Crippen LogP contribution in [-0.4, -0.2) is 42.0 Å². The zero-order valence-corrected chi connectivity index (χ0v) is 12.2. The fourth-order valence-corrected chi connectivity index (χ4v) is 3.50. The third-order valence-electron chi connectivity index (χ3n) is 4.90. The number of nitrogens with zero attached hydrogens (tertiary/aromatic N) is 2. The molecule has 4 nitrogen and oxygen atoms in total. The van der Waals surface area contributed by atoms with Crippen LogP contribution in [0.2, 0.25) is 0 Å². The van der Waals surface area contributed by atoms with Gasteiger partial charge in [-0.1, -0.05) is 0 Å². The summed E-state index contributed by atoms with van der Waals surface area (Å²) in [6.07, 6.45) is 8.31. The quantitative estimate of drug-likeness (QED) is 0.851. The van der Waals surface area contributed by atoms with Crippen LogP contribution in [-0.2, 0) is 0 Å². The molecule has 1 spiro atoms. The summed E-state index contributed by atoms with van der Waals surface area (Å²) >= 11 is 0. The van der Waals surface area contributed by atoms with Crippen molar-refractivity contribution in [1.82, 2.24) is 15.2 Å². The zero-order chi connectivity index (χ0) is 14.0. The second-order valence-electron chi connectivity index (χ2n) is 6.29. The number of hydrogen-bond acceptors (Lipinski definition) is 3. The smallest absolute Gasteiger partial charge is 0.255 e. The molecule has 1 N–H and O–H groups in total. The van der Waals surface area contributed by atoms with E-state index < -0.39 is 0 Å². The summed E-state index contributed by atoms with van der Waals surface area (Å²) < 4.78 is 0. The lowest BCUT2D eigenvalue weighted by Crippen LogP contribution is -2.47. The second-order valence-corrected chi connectivity index (χ2v) is 6.29. The van der Waals surface area contributed by atoms with E-state index in [0.717, 1.165) is 50.1 Å². The van der Waals surface area contributed by atoms with Crippen molar-refractivity contribution in [2.24, 2.45) is 5.41 Å². The Balaban J connectivity index is 1.64. The van der Waals surface area contributed by atoms with Gasteiger partial charge in [-0.2, -0.15) is 0 Å². The highest BCUT2D eigenvalue weighted by Crippen LogP contribution is 2.39. The number of likely N-dealkylation sites (tertiary alicyclic amines) is 1. The van der Waals surface area contributed by atoms with Crippen LogP contribution >= 0.6 is 0 Å². The van der Waals surface area contributed by atoms with Gasteiger partial charge in [-0.05, 0) is 62.7 Å². The van der Waals surface area contributed by atoms with Crippen molar-refractivity contribution in [3.8, 4) is 0 Å². The Kier molecular flexibility index (Phi) is 3.74. The van der Waals surface area contributed by atoms with Crippen molar-refractivity contribution >= 4 is 5.91 Å². The predicted octanol–water partition coefficient (Wildman–Crippen LogP) is 2.00. The lowest BCUT2D eigenvalue weighted by molar-refractivity contribution is 0.0495. The van der Waals surface area contributed by atoms with E-state index in [-0.39, 0.29) is 5.91 Å². The standard InChI is InChI=1S/C16H23N3O/c1-13-10-14(12-18-11-13)15(20)19-8-4-16(5-9-19)2-6-17-7-3-16/h10-12,17H,2-9H2,1H3. The molecule has 20 heavy (non-hydrogen) atoms. The average molecular weight is 273 g/mol. The molecule has 4 heteroatoms. The van der Waals surface area contributed by atoms with Crippen molar-refractivity contribution in [2.45, 2.75) is 32.6 Å². The lowest BCUT2D eigenvalue weighted by Gasteiger charge is -2.44. The minimum absolute atomic E-state index is 0.144. The molecule has 0 unspecified atom stereocenters. The van der Waals surface area contributed by atoms with Crippen LogP contribution in [0.15, 0.2) is 18.5 Å². The second kappa shape index (κ2) is 5.52. The van der Waals surface area contributed by atoms with Gasteiger partial charge in [0.25, 0.3) is 5.91 Å². The van der Waals surface area contributed by atoms with Gasteiger partial charge in [0, 0.05) is 25.5 Å². The Labute approximate surface area is 120 Å². The predicted molar refractivity (Wildman–Crippen MR) is 78.6 cm³/mol. The molecular weight excluding hydrogens is 250 g/mol. The number of pyridine rings is 1. The Morgan fingerprint density at radius 2 is 1.90 bits per heavy atom. The molecule has 2 saturated heterocycles. The van der Waals surface area contributed by atoms with Gasteiger partial charge in [0.15, 0.2) is 0 Å². The highest BCUT2D eigenvalue weighted by atomic mass is 16.2. The Morgan fingerprint density at radius 1 is 1.20 bits per heavy atom. The molecule has 0 aliphatic carbocycles. The number of amides is 1. The molecule has 3 rings (SSSR count). The fourth-order valence-electron chi connectivity index (χ4n) is 3.50. The van der Waals surface area contributed by atoms with Gasteiger partial charge in [0.05, 0.1) is 5.56 Å². The summed E-state index contributed by atoms with van der Waals surface area (Å²) in [5.74, 6) is 0.144. The number of aryl methyl sites for hydroxylation is 1. The highest BCUT2D eigenvalue weighted by molar-refractivity contribution is 5.94. The summed E-state index contributed by atoms with van der Waals surface area (Å²) in [6, 6.07) is 1.93. The monoisotopic (exact) mass is 273 g/mol. The van der Waals surface area contributed by atoms with Crippen molar-refractivity contribution in [1.29, 1.82) is 0 Å². The SMILES string of the molecule is Cc1cncc(C(=O)N2CCC3(CCNCC3)CC2)c1. The van der Waals surface area contributed by atoms with Crippen LogP contribution in [0.1, 0.15) is 41.6 Å². The van der Waals surface area contributed by atoms with E-state index in [1.807, 2.05) is 17.9 Å². The van der Waals surface area contributed by atoms with Gasteiger partial charge in [0.2, 0.25) is 0 Å². The van der Waals surface area contributed by atoms with Crippen molar-refractivity contribution < 1.29 is 4.79 Å². The van der Waals surface area contributed by atoms with Gasteiger partial charge >= 0.3 is 0 Å². The maximum atomic E-state index is 12.5. The van der Waals surface area contributed by atoms with E-state index in [0.29, 0.717) is 5.41 Å². The number of rotatable bonds is 1. The normalized spacial score (nSPS) is 21.9. The third-order valence-corrected chi connectivity index (χ3v) is 4.90. The molecule has 3 heterocycles. The van der Waals surface area contributed by atoms with Crippen LogP contribution in [0.3, 0.4) is 0 Å². The number of nitrogens with one attached hydrogen (secondary N) is 1. The zero-order valence-electron chi connectivity index (χ0n) is 12.2. The highest BCUT2D eigenvalue weighted by Gasteiger charge is 2.36. The van der Waals surface area contributed by atoms with Gasteiger partial charge in [-0.3, -0.25) is 9.78 Å². The molecular formula is C16H23N3O. The molecule has 0 atom stereocenters. The fraction of sp³-hybridized carbons (Fsp3) is 0.625. The van der Waals surface area contributed by atoms with E-state index in [4.69, 9.17) is 0 Å². The Morgan fingerprint density at radius 3 is 2.55 bits per heavy atom. The van der Waals surface area contributed by atoms with E-state index >= 15 is 0 Å². The minimum atomic E-state index is 0.144. The van der Waals surface area contributed by atoms with Crippen LogP contribution < -0.4 is 5.32 Å². The van der Waals surface area contributed by atoms with Crippen molar-refractivity contribution in [3.05, 3.63) is 29.6 Å². The molecule has 0 radical (unpaired) electrons. The van der Waals surface area contributed by atoms with E-state index in [1.54, 1.807) is 12.4 Å². The molecule has 0 saturated carbocycles. The summed E-state index contributed by atoms with van der Waals surface area (Å²) in [5, 5.41) is 3.43. The molecule has 1 amide bonds. The van der Waals surface area contributed by atoms with Gasteiger partial charge < -0.3 is 10.2 Å². The van der Waals surface area contributed by atoms with Crippen molar-refractivity contribution in [3.63, 3.8) is 0 Å². The summed E-state index contributed by atoms with van der Waals surface area (Å²) in [6.45, 7) is 6.04. The lowest BCUT2D eigenvalue weighted by atomic mass is 9.71. The Hall–Kier alpha value is -1.42. The molecule has 0 bridgehead atoms. The number of aromatic nitrogens is 1. The van der Waals surface area contributed by atoms with E-state index in [1.165, 1.54) is 12.8 Å². The number of hydrogen-bond donors (Lipinski definition) is 1. The summed E-state index contributed by atoms with van der Waals surface area (Å²) in [5.41, 5.74) is 2.27. The van der Waals surface area contributed by atoms with Gasteiger partial charge in [0.1, 0.15) is 0 Å². The molecule has 2 fully saturated rings. The molecule has 1 aromatic rings. The first-order chi connectivity index (χ1) is 9.69. The maximum Gasteiger partial charge on any atom is 0.255 e. The van der Waals surface area contributed by atoms with Crippen LogP contribution in [0.4, 0.5) is 0 Å². The maximum absolute atomic E-state index is 12.5. The summed E-state index contributed by atoms with van der Waals surface area (Å²) in [7, 11) is 0. The van der Waals surface area contributed by atoms with Crippen LogP contribution in [0.5, 0.6) is 0 Å². The number of carbonyl (C=O) groups is 1. The van der Waals surface area contributed by atoms with Crippen LogP contribution in [0.25, 0.3) is 0 Å². The number of carbonyl (C=O) groups excluding carboxylic acids is 1. The summed E-state index contributed by atoms with van der Waals surface area (Å²) in [4.78, 5) is 18.6. The average Bonchev–Trinajstić information content (AvgIpc) is 2.48. The van der Waals surface area contributed by atoms with Gasteiger partial charge in [-0.25, -0.2) is 0 Å². The first-order valence-corrected chi connectivity index (χ1v) is 7.60. The molecule has 2 aliphatic rings. The number of piperidine rings is 2. The molecule has 2 aliphatic heterocycles. The molecule has 0 aromatic carbocycles. The first kappa shape index (κ1) is 13.6. The topological polar surface area (TPSA) is 45.2 Å². The first-order valence-electron chi connectivity index (χ1n) is 7.60. The Bertz CT molecular complexity index is 484. The van der Waals surface area contributed by atoms with Gasteiger partial charge in [-0.15, -0.1) is 0 Å². The molecule has 1 aromatic heterocycles. The van der Waals surface area contributed by atoms with E-state index in [2.05, 4.69) is 10.3 Å². The minimum Gasteiger partial charge on any atom is -0.339 e. The van der Waals surface area contributed by atoms with Crippen LogP contribution in [0, 0.1) is 12.3 Å². The van der Waals surface area contributed by atoms with Crippen molar-refractivity contribution in [2.75, 3.05) is 26.2 Å². The molecule has 108 valence electrons. The largest absolute Gasteiger partial charge is 0.339 e. The van der Waals surface area contributed by atoms with E-state index in [9.17, 15) is 4.79 Å². The third kappa shape index (κ3) is 2.70.